The number of para-hydroxylation sites is 1. The van der Waals surface area contributed by atoms with E-state index in [-0.39, 0.29) is 0 Å². The Kier molecular flexibility index (Phi) is 2.09. The van der Waals surface area contributed by atoms with Gasteiger partial charge in [-0.05, 0) is 12.1 Å². The third-order valence-corrected chi connectivity index (χ3v) is 2.00. The summed E-state index contributed by atoms with van der Waals surface area (Å²) in [7, 11) is 3.76. The Hall–Kier alpha value is -1.62. The molecule has 0 atom stereocenters. The van der Waals surface area contributed by atoms with Crippen LogP contribution in [0.2, 0.25) is 0 Å². The van der Waals surface area contributed by atoms with Gasteiger partial charge in [-0.25, -0.2) is 0 Å². The van der Waals surface area contributed by atoms with Crippen molar-refractivity contribution in [3.63, 3.8) is 0 Å². The summed E-state index contributed by atoms with van der Waals surface area (Å²) in [5.41, 5.74) is 1.16. The first-order valence-electron chi connectivity index (χ1n) is 4.28. The van der Waals surface area contributed by atoms with Crippen LogP contribution in [0.3, 0.4) is 0 Å². The largest absolute Gasteiger partial charge is 0.328 e. The van der Waals surface area contributed by atoms with Crippen LogP contribution in [0.4, 0.5) is 5.69 Å². The Balaban J connectivity index is 2.20. The molecule has 0 saturated heterocycles. The quantitative estimate of drug-likeness (QED) is 0.591. The first kappa shape index (κ1) is 8.00. The molecule has 1 aromatic rings. The molecule has 1 aliphatic heterocycles. The summed E-state index contributed by atoms with van der Waals surface area (Å²) in [4.78, 5) is 3.81. The van der Waals surface area contributed by atoms with Crippen LogP contribution in [0.25, 0.3) is 0 Å². The second-order valence-electron chi connectivity index (χ2n) is 2.97. The Morgan fingerprint density at radius 3 is 2.46 bits per heavy atom. The predicted octanol–water partition coefficient (Wildman–Crippen LogP) is 1.52. The van der Waals surface area contributed by atoms with Crippen LogP contribution in [-0.4, -0.2) is 18.0 Å². The third-order valence-electron chi connectivity index (χ3n) is 2.00. The maximum atomic E-state index is 3.76. The molecule has 0 amide bonds. The molecular formula is C11H11N2. The topological polar surface area (TPSA) is 6.48 Å². The molecule has 2 heteroatoms. The fourth-order valence-electron chi connectivity index (χ4n) is 1.27. The third kappa shape index (κ3) is 1.75. The molecule has 13 heavy (non-hydrogen) atoms. The second kappa shape index (κ2) is 3.40. The first-order valence-corrected chi connectivity index (χ1v) is 4.28. The van der Waals surface area contributed by atoms with Crippen molar-refractivity contribution in [3.05, 3.63) is 37.4 Å². The van der Waals surface area contributed by atoms with Crippen molar-refractivity contribution >= 4 is 5.69 Å². The highest BCUT2D eigenvalue weighted by Crippen LogP contribution is 2.12. The number of nitrogens with zero attached hydrogens (tertiary/aromatic N) is 2. The molecule has 0 saturated carbocycles. The maximum absolute atomic E-state index is 3.76. The summed E-state index contributed by atoms with van der Waals surface area (Å²) < 4.78 is 0. The van der Waals surface area contributed by atoms with Crippen LogP contribution in [0.5, 0.6) is 0 Å². The Morgan fingerprint density at radius 2 is 1.85 bits per heavy atom. The molecule has 0 N–H and O–H groups in total. The molecule has 1 aromatic carbocycles. The molecule has 1 aliphatic rings. The molecule has 2 nitrogen and oxygen atoms in total. The Labute approximate surface area is 78.8 Å². The van der Waals surface area contributed by atoms with E-state index < -0.39 is 0 Å². The summed E-state index contributed by atoms with van der Waals surface area (Å²) in [5.74, 6) is 0. The fraction of sp³-hybridized carbons (Fsp3) is 0.182. The molecule has 0 aromatic heterocycles. The van der Waals surface area contributed by atoms with Crippen molar-refractivity contribution in [1.82, 2.24) is 4.90 Å². The lowest BCUT2D eigenvalue weighted by Crippen LogP contribution is -2.31. The predicted molar refractivity (Wildman–Crippen MR) is 53.6 cm³/mol. The summed E-state index contributed by atoms with van der Waals surface area (Å²) in [6.07, 6.45) is 0. The molecule has 0 bridgehead atoms. The molecule has 2 rings (SSSR count). The Bertz CT molecular complexity index is 334. The minimum absolute atomic E-state index is 0.891. The normalized spacial score (nSPS) is 15.2. The van der Waals surface area contributed by atoms with Crippen molar-refractivity contribution in [3.8, 4) is 12.1 Å². The highest BCUT2D eigenvalue weighted by atomic mass is 15.2. The minimum atomic E-state index is 0.891. The van der Waals surface area contributed by atoms with Gasteiger partial charge in [-0.3, -0.25) is 4.90 Å². The number of anilines is 1. The highest BCUT2D eigenvalue weighted by molar-refractivity contribution is 5.52. The Morgan fingerprint density at radius 1 is 1.08 bits per heavy atom. The first-order chi connectivity index (χ1) is 6.36. The lowest BCUT2D eigenvalue weighted by Gasteiger charge is -2.24. The van der Waals surface area contributed by atoms with Gasteiger partial charge in [0.1, 0.15) is 0 Å². The van der Waals surface area contributed by atoms with Gasteiger partial charge >= 0.3 is 0 Å². The van der Waals surface area contributed by atoms with Crippen LogP contribution in [-0.2, 0) is 0 Å². The SMILES string of the molecule is [CH2]N1C#CN(c2ccccc2)CC1. The molecule has 1 radical (unpaired) electrons. The van der Waals surface area contributed by atoms with Crippen LogP contribution in [0, 0.1) is 19.1 Å². The maximum Gasteiger partial charge on any atom is 0.0499 e. The van der Waals surface area contributed by atoms with E-state index in [1.807, 2.05) is 23.1 Å². The molecule has 65 valence electrons. The van der Waals surface area contributed by atoms with Gasteiger partial charge in [-0.15, -0.1) is 0 Å². The van der Waals surface area contributed by atoms with Crippen LogP contribution < -0.4 is 4.90 Å². The van der Waals surface area contributed by atoms with Crippen molar-refractivity contribution < 1.29 is 0 Å². The van der Waals surface area contributed by atoms with E-state index in [9.17, 15) is 0 Å². The smallest absolute Gasteiger partial charge is 0.0499 e. The van der Waals surface area contributed by atoms with Crippen molar-refractivity contribution in [2.75, 3.05) is 18.0 Å². The molecule has 0 unspecified atom stereocenters. The summed E-state index contributed by atoms with van der Waals surface area (Å²) in [6.45, 7) is 1.81. The van der Waals surface area contributed by atoms with Crippen LogP contribution in [0.1, 0.15) is 0 Å². The van der Waals surface area contributed by atoms with Crippen molar-refractivity contribution in [2.24, 2.45) is 0 Å². The average molecular weight is 171 g/mol. The number of rotatable bonds is 1. The molecule has 0 aliphatic carbocycles. The van der Waals surface area contributed by atoms with Crippen molar-refractivity contribution in [1.29, 1.82) is 0 Å². The van der Waals surface area contributed by atoms with E-state index in [4.69, 9.17) is 0 Å². The number of benzene rings is 1. The fourth-order valence-corrected chi connectivity index (χ4v) is 1.27. The van der Waals surface area contributed by atoms with Gasteiger partial charge in [-0.1, -0.05) is 18.2 Å². The molecule has 0 fully saturated rings. The lowest BCUT2D eigenvalue weighted by molar-refractivity contribution is 0.522. The second-order valence-corrected chi connectivity index (χ2v) is 2.97. The summed E-state index contributed by atoms with van der Waals surface area (Å²) in [6, 6.07) is 16.1. The van der Waals surface area contributed by atoms with Crippen LogP contribution in [0.15, 0.2) is 30.3 Å². The van der Waals surface area contributed by atoms with E-state index >= 15 is 0 Å². The lowest BCUT2D eigenvalue weighted by atomic mass is 10.3. The van der Waals surface area contributed by atoms with E-state index in [0.717, 1.165) is 18.8 Å². The van der Waals surface area contributed by atoms with Gasteiger partial charge in [0.05, 0.1) is 0 Å². The van der Waals surface area contributed by atoms with Gasteiger partial charge < -0.3 is 4.90 Å². The monoisotopic (exact) mass is 171 g/mol. The van der Waals surface area contributed by atoms with Gasteiger partial charge in [0.25, 0.3) is 0 Å². The standard InChI is InChI=1S/C11H11N2/c1-12-7-9-13(10-8-12)11-5-3-2-4-6-11/h2-6H,1,7,9H2. The van der Waals surface area contributed by atoms with E-state index in [1.54, 1.807) is 4.90 Å². The van der Waals surface area contributed by atoms with Crippen LogP contribution >= 0.6 is 0 Å². The number of hydrogen-bond donors (Lipinski definition) is 0. The molecular weight excluding hydrogens is 160 g/mol. The van der Waals surface area contributed by atoms with E-state index in [2.05, 4.69) is 31.3 Å². The highest BCUT2D eigenvalue weighted by Gasteiger charge is 2.07. The summed E-state index contributed by atoms with van der Waals surface area (Å²) in [5, 5.41) is 0. The molecule has 0 spiro atoms. The molecule has 1 heterocycles. The number of hydrogen-bond acceptors (Lipinski definition) is 2. The van der Waals surface area contributed by atoms with Gasteiger partial charge in [0.15, 0.2) is 0 Å². The van der Waals surface area contributed by atoms with Gasteiger partial charge in [0, 0.05) is 37.9 Å². The van der Waals surface area contributed by atoms with E-state index in [0.29, 0.717) is 0 Å². The summed E-state index contributed by atoms with van der Waals surface area (Å²) >= 11 is 0. The van der Waals surface area contributed by atoms with Crippen molar-refractivity contribution in [2.45, 2.75) is 0 Å². The van der Waals surface area contributed by atoms with E-state index in [1.165, 1.54) is 0 Å². The zero-order valence-corrected chi connectivity index (χ0v) is 7.40. The van der Waals surface area contributed by atoms with Gasteiger partial charge in [-0.2, -0.15) is 0 Å². The minimum Gasteiger partial charge on any atom is -0.328 e. The van der Waals surface area contributed by atoms with Gasteiger partial charge in [0.2, 0.25) is 0 Å². The average Bonchev–Trinajstić information content (AvgIpc) is 2.20. The zero-order chi connectivity index (χ0) is 9.10. The zero-order valence-electron chi connectivity index (χ0n) is 7.40.